The average molecular weight is 1520 g/mol. The van der Waals surface area contributed by atoms with Gasteiger partial charge in [-0.2, -0.15) is 0 Å². The van der Waals surface area contributed by atoms with Gasteiger partial charge in [-0.15, -0.1) is 0 Å². The smallest absolute Gasteiger partial charge is 0.252 e. The van der Waals surface area contributed by atoms with Gasteiger partial charge in [0.2, 0.25) is 0 Å². The first-order valence-corrected chi connectivity index (χ1v) is 42.4. The Morgan fingerprint density at radius 1 is 0.205 bits per heavy atom. The largest absolute Gasteiger partial charge is 0.310 e. The number of aromatic nitrogens is 2. The van der Waals surface area contributed by atoms with Crippen LogP contribution in [0.3, 0.4) is 0 Å². The molecule has 14 aromatic carbocycles. The molecule has 2 aromatic heterocycles. The molecule has 582 valence electrons. The number of hydrogen-bond acceptors (Lipinski definition) is 2. The van der Waals surface area contributed by atoms with Crippen LogP contribution in [0.1, 0.15) is 184 Å². The number of para-hydroxylation sites is 5. The summed E-state index contributed by atoms with van der Waals surface area (Å²) in [4.78, 5) is 5.52. The van der Waals surface area contributed by atoms with Crippen LogP contribution < -0.4 is 26.2 Å². The molecule has 4 heterocycles. The zero-order valence-electron chi connectivity index (χ0n) is 72.6. The van der Waals surface area contributed by atoms with Crippen molar-refractivity contribution < 1.29 is 0 Å². The zero-order valence-corrected chi connectivity index (χ0v) is 72.6. The fourth-order valence-electron chi connectivity index (χ4n) is 18.5. The van der Waals surface area contributed by atoms with E-state index in [1.807, 2.05) is 0 Å². The highest BCUT2D eigenvalue weighted by molar-refractivity contribution is 7.00. The van der Waals surface area contributed by atoms with E-state index in [2.05, 4.69) is 456 Å². The summed E-state index contributed by atoms with van der Waals surface area (Å²) >= 11 is 0. The molecule has 2 aliphatic rings. The fraction of sp³-hybridized carbons (Fsp3) is 0.250. The van der Waals surface area contributed by atoms with Gasteiger partial charge in [-0.3, -0.25) is 0 Å². The number of nitrogens with zero attached hydrogens (tertiary/aromatic N) is 4. The summed E-state index contributed by atoms with van der Waals surface area (Å²) in [6.45, 7) is 49.1. The Kier molecular flexibility index (Phi) is 18.0. The lowest BCUT2D eigenvalue weighted by molar-refractivity contribution is 0.569. The number of fused-ring (bicyclic) bond motifs is 10. The summed E-state index contributed by atoms with van der Waals surface area (Å²) in [7, 11) is 0. The van der Waals surface area contributed by atoms with Crippen LogP contribution in [0.25, 0.3) is 111 Å². The van der Waals surface area contributed by atoms with Crippen LogP contribution >= 0.6 is 0 Å². The van der Waals surface area contributed by atoms with E-state index >= 15 is 0 Å². The van der Waals surface area contributed by atoms with E-state index in [9.17, 15) is 0 Å². The fourth-order valence-corrected chi connectivity index (χ4v) is 18.5. The zero-order chi connectivity index (χ0) is 82.1. The highest BCUT2D eigenvalue weighted by atomic mass is 15.2. The van der Waals surface area contributed by atoms with Crippen LogP contribution in [0.4, 0.5) is 34.1 Å². The Hall–Kier alpha value is -11.7. The van der Waals surface area contributed by atoms with E-state index in [0.29, 0.717) is 0 Å². The molecule has 0 aliphatic carbocycles. The molecule has 0 saturated carbocycles. The Morgan fingerprint density at radius 3 is 0.923 bits per heavy atom. The SMILES string of the molecule is CC(C)(C)c1ccc(-c2cccc(-c3ccc(C(C)(C)C)cc3)c2N2c3cc(-c4cc(C(C)(C)C)cc(C(C)(C)C)c4)ccc3B3c4ccc(-n5c6ccccc6c6cc7c8ccccc8n(-c8ccccc8)c7cc65)cc4N(c4c(-c5ccc(C(C)(C)C)cc5)cccc4-c4ccc(C(C)(C)C)cc4)c4cc(C(C)(C)C)cc2c43)cc1. The first kappa shape index (κ1) is 76.6. The minimum Gasteiger partial charge on any atom is -0.310 e. The van der Waals surface area contributed by atoms with Crippen molar-refractivity contribution in [2.24, 2.45) is 0 Å². The molecule has 5 heteroatoms. The normalized spacial score (nSPS) is 13.5. The minimum absolute atomic E-state index is 0.0484. The molecule has 0 spiro atoms. The molecule has 0 fully saturated rings. The molecule has 0 amide bonds. The van der Waals surface area contributed by atoms with Crippen LogP contribution in [0.15, 0.2) is 291 Å². The van der Waals surface area contributed by atoms with Crippen molar-refractivity contribution in [2.75, 3.05) is 9.80 Å². The van der Waals surface area contributed by atoms with Crippen LogP contribution in [0.5, 0.6) is 0 Å². The highest BCUT2D eigenvalue weighted by Crippen LogP contribution is 2.56. The minimum atomic E-state index is -0.349. The first-order chi connectivity index (χ1) is 55.4. The lowest BCUT2D eigenvalue weighted by Crippen LogP contribution is -2.61. The van der Waals surface area contributed by atoms with Crippen LogP contribution in [-0.2, 0) is 37.9 Å². The third-order valence-corrected chi connectivity index (χ3v) is 25.4. The van der Waals surface area contributed by atoms with Crippen molar-refractivity contribution in [3.8, 4) is 67.0 Å². The van der Waals surface area contributed by atoms with E-state index < -0.39 is 0 Å². The van der Waals surface area contributed by atoms with Gasteiger partial charge in [0, 0.05) is 77.9 Å². The van der Waals surface area contributed by atoms with Gasteiger partial charge in [-0.25, -0.2) is 0 Å². The maximum atomic E-state index is 2.76. The standard InChI is InChI=1S/C112H111BN4/c1-106(2,3)76-50-41-70(42-51-76)85-35-29-36-86(71-43-52-77(53-44-71)107(4,5)6)104(85)116-99-63-74(75-61-80(110(13,14)15)64-81(62-75)111(16,17)18)49-59-93(99)113-94-60-58-84(115-96-40-28-26-34-90(96)92-68-91-89-33-25-27-39-95(89)114(97(91)69-98(92)115)83-31-23-22-24-32-83)67-100(94)117(102-66-82(112(19,20)21)65-101(116)103(102)113)105-87(72-45-54-78(55-46-72)108(7,8)9)37-30-38-88(105)73-47-56-79(57-48-73)109(10,11)12/h22-69H,1-21H3. The lowest BCUT2D eigenvalue weighted by atomic mass is 9.33. The lowest BCUT2D eigenvalue weighted by Gasteiger charge is -2.46. The van der Waals surface area contributed by atoms with Gasteiger partial charge in [-0.1, -0.05) is 370 Å². The summed E-state index contributed by atoms with van der Waals surface area (Å²) in [6.07, 6.45) is 0. The van der Waals surface area contributed by atoms with Gasteiger partial charge in [0.25, 0.3) is 6.71 Å². The van der Waals surface area contributed by atoms with Crippen molar-refractivity contribution in [1.29, 1.82) is 0 Å². The molecule has 18 rings (SSSR count). The number of anilines is 6. The van der Waals surface area contributed by atoms with Crippen LogP contribution in [-0.4, -0.2) is 15.8 Å². The Balaban J connectivity index is 1.01. The van der Waals surface area contributed by atoms with Gasteiger partial charge < -0.3 is 18.9 Å². The summed E-state index contributed by atoms with van der Waals surface area (Å²) < 4.78 is 5.04. The molecule has 0 N–H and O–H groups in total. The summed E-state index contributed by atoms with van der Waals surface area (Å²) in [5, 5.41) is 4.90. The van der Waals surface area contributed by atoms with Crippen molar-refractivity contribution >= 4 is 101 Å². The molecule has 0 radical (unpaired) electrons. The molecular weight excluding hydrogens is 1410 g/mol. The molecule has 0 saturated heterocycles. The summed E-state index contributed by atoms with van der Waals surface area (Å²) in [5.41, 5.74) is 37.5. The summed E-state index contributed by atoms with van der Waals surface area (Å²) in [6, 6.07) is 114. The third kappa shape index (κ3) is 13.3. The second kappa shape index (κ2) is 27.5. The number of benzene rings is 14. The molecule has 0 bridgehead atoms. The molecule has 4 nitrogen and oxygen atoms in total. The third-order valence-electron chi connectivity index (χ3n) is 25.4. The van der Waals surface area contributed by atoms with Gasteiger partial charge >= 0.3 is 0 Å². The van der Waals surface area contributed by atoms with Crippen LogP contribution in [0, 0.1) is 0 Å². The molecule has 117 heavy (non-hydrogen) atoms. The quantitative estimate of drug-likeness (QED) is 0.134. The monoisotopic (exact) mass is 1520 g/mol. The van der Waals surface area contributed by atoms with Crippen molar-refractivity contribution in [3.05, 3.63) is 330 Å². The molecule has 0 unspecified atom stereocenters. The second-order valence-electron chi connectivity index (χ2n) is 40.7. The maximum Gasteiger partial charge on any atom is 0.252 e. The first-order valence-electron chi connectivity index (χ1n) is 42.4. The van der Waals surface area contributed by atoms with Gasteiger partial charge in [-0.05, 0) is 193 Å². The van der Waals surface area contributed by atoms with E-state index in [1.165, 1.54) is 116 Å². The summed E-state index contributed by atoms with van der Waals surface area (Å²) in [5.74, 6) is 0. The van der Waals surface area contributed by atoms with Crippen molar-refractivity contribution in [2.45, 2.75) is 183 Å². The Morgan fingerprint density at radius 2 is 0.538 bits per heavy atom. The van der Waals surface area contributed by atoms with Gasteiger partial charge in [0.1, 0.15) is 0 Å². The predicted octanol–water partition coefficient (Wildman–Crippen LogP) is 29.4. The van der Waals surface area contributed by atoms with Crippen LogP contribution in [0.2, 0.25) is 0 Å². The van der Waals surface area contributed by atoms with Crippen molar-refractivity contribution in [1.82, 2.24) is 9.13 Å². The number of rotatable bonds is 9. The van der Waals surface area contributed by atoms with E-state index in [-0.39, 0.29) is 44.6 Å². The van der Waals surface area contributed by atoms with E-state index in [1.54, 1.807) is 0 Å². The predicted molar refractivity (Wildman–Crippen MR) is 507 cm³/mol. The van der Waals surface area contributed by atoms with E-state index in [0.717, 1.165) is 84.2 Å². The average Bonchev–Trinajstić information content (AvgIpc) is 0.787. The highest BCUT2D eigenvalue weighted by Gasteiger charge is 2.47. The Bertz CT molecular complexity index is 6430. The van der Waals surface area contributed by atoms with Crippen molar-refractivity contribution in [3.63, 3.8) is 0 Å². The second-order valence-corrected chi connectivity index (χ2v) is 40.7. The number of hydrogen-bond donors (Lipinski definition) is 0. The van der Waals surface area contributed by atoms with Gasteiger partial charge in [0.05, 0.1) is 33.4 Å². The topological polar surface area (TPSA) is 16.3 Å². The molecular formula is C112H111BN4. The molecule has 0 atom stereocenters. The Labute approximate surface area is 695 Å². The molecule has 2 aliphatic heterocycles. The molecule has 16 aromatic rings. The van der Waals surface area contributed by atoms with E-state index in [4.69, 9.17) is 0 Å². The van der Waals surface area contributed by atoms with Gasteiger partial charge in [0.15, 0.2) is 0 Å². The maximum absolute atomic E-state index is 2.76.